The van der Waals surface area contributed by atoms with Gasteiger partial charge in [0.1, 0.15) is 5.58 Å². The maximum atomic E-state index is 11.9. The normalized spacial score (nSPS) is 12.0. The van der Waals surface area contributed by atoms with E-state index in [1.165, 1.54) is 5.56 Å². The summed E-state index contributed by atoms with van der Waals surface area (Å²) in [7, 11) is 0. The number of hydrogen-bond acceptors (Lipinski definition) is 3. The molecule has 1 aromatic carbocycles. The third-order valence-electron chi connectivity index (χ3n) is 3.45. The summed E-state index contributed by atoms with van der Waals surface area (Å²) < 4.78 is 5.59. The van der Waals surface area contributed by atoms with Crippen molar-refractivity contribution in [3.8, 4) is 0 Å². The Bertz CT molecular complexity index is 607. The Balaban J connectivity index is 0.00000200. The first kappa shape index (κ1) is 16.5. The van der Waals surface area contributed by atoms with Crippen molar-refractivity contribution in [1.82, 2.24) is 5.32 Å². The first-order chi connectivity index (χ1) is 9.02. The van der Waals surface area contributed by atoms with E-state index in [2.05, 4.69) is 11.4 Å². The average molecular weight is 297 g/mol. The van der Waals surface area contributed by atoms with E-state index in [1.807, 2.05) is 26.8 Å². The molecule has 1 aromatic heterocycles. The molecular formula is C15H21ClN2O2. The number of fused-ring (bicyclic) bond motifs is 1. The number of nitrogens with two attached hydrogens (primary N) is 1. The minimum Gasteiger partial charge on any atom is -0.464 e. The van der Waals surface area contributed by atoms with E-state index >= 15 is 0 Å². The summed E-state index contributed by atoms with van der Waals surface area (Å²) in [5, 5.41) is 3.87. The lowest BCUT2D eigenvalue weighted by atomic mass is 10.0. The van der Waals surface area contributed by atoms with E-state index in [1.54, 1.807) is 6.26 Å². The van der Waals surface area contributed by atoms with Gasteiger partial charge < -0.3 is 15.5 Å². The highest BCUT2D eigenvalue weighted by molar-refractivity contribution is 5.89. The molecule has 1 atom stereocenters. The molecule has 1 amide bonds. The van der Waals surface area contributed by atoms with Crippen LogP contribution in [0.4, 0.5) is 0 Å². The lowest BCUT2D eigenvalue weighted by molar-refractivity contribution is -0.120. The molecule has 4 nitrogen and oxygen atoms in total. The van der Waals surface area contributed by atoms with Crippen LogP contribution >= 0.6 is 12.4 Å². The Morgan fingerprint density at radius 3 is 2.75 bits per heavy atom. The zero-order chi connectivity index (χ0) is 14.0. The van der Waals surface area contributed by atoms with E-state index in [0.717, 1.165) is 22.1 Å². The number of nitrogens with one attached hydrogen (secondary N) is 1. The van der Waals surface area contributed by atoms with Crippen molar-refractivity contribution in [1.29, 1.82) is 0 Å². The molecule has 0 aliphatic carbocycles. The second-order valence-corrected chi connectivity index (χ2v) is 5.03. The highest BCUT2D eigenvalue weighted by Gasteiger charge is 2.13. The monoisotopic (exact) mass is 296 g/mol. The molecule has 1 heterocycles. The Morgan fingerprint density at radius 1 is 1.40 bits per heavy atom. The zero-order valence-electron chi connectivity index (χ0n) is 12.0. The summed E-state index contributed by atoms with van der Waals surface area (Å²) in [5.41, 5.74) is 9.59. The van der Waals surface area contributed by atoms with Crippen molar-refractivity contribution in [3.63, 3.8) is 0 Å². The van der Waals surface area contributed by atoms with Crippen LogP contribution in [0.3, 0.4) is 0 Å². The van der Waals surface area contributed by atoms with Gasteiger partial charge in [0.15, 0.2) is 0 Å². The fourth-order valence-corrected chi connectivity index (χ4v) is 2.08. The van der Waals surface area contributed by atoms with Gasteiger partial charge in [0.05, 0.1) is 12.7 Å². The maximum Gasteiger partial charge on any atom is 0.224 e. The minimum absolute atomic E-state index is 0. The van der Waals surface area contributed by atoms with Gasteiger partial charge in [-0.15, -0.1) is 12.4 Å². The number of carbonyl (C=O) groups is 1. The molecule has 0 spiro atoms. The lowest BCUT2D eigenvalue weighted by Crippen LogP contribution is -2.38. The fourth-order valence-electron chi connectivity index (χ4n) is 2.08. The summed E-state index contributed by atoms with van der Waals surface area (Å²) in [5.74, 6) is -0.0288. The number of hydrogen-bond donors (Lipinski definition) is 2. The van der Waals surface area contributed by atoms with Crippen molar-refractivity contribution in [2.45, 2.75) is 33.2 Å². The van der Waals surface area contributed by atoms with Gasteiger partial charge in [0.25, 0.3) is 0 Å². The van der Waals surface area contributed by atoms with Gasteiger partial charge in [-0.2, -0.15) is 0 Å². The van der Waals surface area contributed by atoms with Gasteiger partial charge in [0.2, 0.25) is 5.91 Å². The molecule has 5 heteroatoms. The lowest BCUT2D eigenvalue weighted by Gasteiger charge is -2.10. The first-order valence-electron chi connectivity index (χ1n) is 6.48. The highest BCUT2D eigenvalue weighted by atomic mass is 35.5. The molecule has 0 unspecified atom stereocenters. The van der Waals surface area contributed by atoms with Crippen LogP contribution in [-0.2, 0) is 11.2 Å². The number of rotatable bonds is 4. The van der Waals surface area contributed by atoms with Gasteiger partial charge >= 0.3 is 0 Å². The predicted octanol–water partition coefficient (Wildman–Crippen LogP) is 2.48. The maximum absolute atomic E-state index is 11.9. The fraction of sp³-hybridized carbons (Fsp3) is 0.400. The zero-order valence-corrected chi connectivity index (χ0v) is 12.8. The van der Waals surface area contributed by atoms with Gasteiger partial charge in [-0.25, -0.2) is 0 Å². The van der Waals surface area contributed by atoms with Crippen LogP contribution in [-0.4, -0.2) is 18.5 Å². The Morgan fingerprint density at radius 2 is 2.10 bits per heavy atom. The van der Waals surface area contributed by atoms with Crippen LogP contribution in [0.1, 0.15) is 23.6 Å². The van der Waals surface area contributed by atoms with Crippen LogP contribution in [0, 0.1) is 13.8 Å². The molecule has 0 saturated carbocycles. The van der Waals surface area contributed by atoms with E-state index in [-0.39, 0.29) is 24.4 Å². The minimum atomic E-state index is -0.0288. The molecular weight excluding hydrogens is 276 g/mol. The predicted molar refractivity (Wildman–Crippen MR) is 83.3 cm³/mol. The summed E-state index contributed by atoms with van der Waals surface area (Å²) in [6, 6.07) is 4.06. The Labute approximate surface area is 125 Å². The number of benzene rings is 1. The quantitative estimate of drug-likeness (QED) is 0.911. The van der Waals surface area contributed by atoms with Gasteiger partial charge in [0, 0.05) is 23.5 Å². The number of carbonyl (C=O) groups excluding carboxylic acids is 1. The second-order valence-electron chi connectivity index (χ2n) is 5.03. The molecule has 0 radical (unpaired) electrons. The van der Waals surface area contributed by atoms with Gasteiger partial charge in [-0.05, 0) is 31.9 Å². The average Bonchev–Trinajstić information content (AvgIpc) is 2.77. The number of furan rings is 1. The van der Waals surface area contributed by atoms with Crippen molar-refractivity contribution in [2.75, 3.05) is 6.54 Å². The molecule has 2 rings (SSSR count). The highest BCUT2D eigenvalue weighted by Crippen LogP contribution is 2.26. The summed E-state index contributed by atoms with van der Waals surface area (Å²) in [4.78, 5) is 11.9. The molecule has 110 valence electrons. The Kier molecular flexibility index (Phi) is 5.60. The van der Waals surface area contributed by atoms with Crippen molar-refractivity contribution >= 4 is 29.3 Å². The van der Waals surface area contributed by atoms with Crippen LogP contribution in [0.15, 0.2) is 22.8 Å². The first-order valence-corrected chi connectivity index (χ1v) is 6.48. The second kappa shape index (κ2) is 6.77. The number of aryl methyl sites for hydroxylation is 2. The smallest absolute Gasteiger partial charge is 0.224 e. The molecule has 2 aromatic rings. The van der Waals surface area contributed by atoms with Crippen molar-refractivity contribution < 1.29 is 9.21 Å². The summed E-state index contributed by atoms with van der Waals surface area (Å²) in [6.45, 7) is 6.41. The molecule has 0 fully saturated rings. The molecule has 0 bridgehead atoms. The summed E-state index contributed by atoms with van der Waals surface area (Å²) in [6.07, 6.45) is 1.99. The molecule has 0 aliphatic rings. The molecule has 3 N–H and O–H groups in total. The van der Waals surface area contributed by atoms with E-state index in [0.29, 0.717) is 13.0 Å². The molecule has 0 aliphatic heterocycles. The SMILES string of the molecule is Cc1ccc2c(CC(=O)N[C@@H](C)CN)coc2c1C.Cl. The van der Waals surface area contributed by atoms with E-state index in [9.17, 15) is 4.79 Å². The van der Waals surface area contributed by atoms with Gasteiger partial charge in [-0.3, -0.25) is 4.79 Å². The van der Waals surface area contributed by atoms with Crippen molar-refractivity contribution in [2.24, 2.45) is 5.73 Å². The Hall–Kier alpha value is -1.52. The van der Waals surface area contributed by atoms with E-state index in [4.69, 9.17) is 10.2 Å². The summed E-state index contributed by atoms with van der Waals surface area (Å²) >= 11 is 0. The third-order valence-corrected chi connectivity index (χ3v) is 3.45. The molecule has 20 heavy (non-hydrogen) atoms. The van der Waals surface area contributed by atoms with Crippen LogP contribution < -0.4 is 11.1 Å². The van der Waals surface area contributed by atoms with Gasteiger partial charge in [-0.1, -0.05) is 12.1 Å². The van der Waals surface area contributed by atoms with Crippen molar-refractivity contribution in [3.05, 3.63) is 35.1 Å². The molecule has 0 saturated heterocycles. The van der Waals surface area contributed by atoms with E-state index < -0.39 is 0 Å². The van der Waals surface area contributed by atoms with Crippen LogP contribution in [0.5, 0.6) is 0 Å². The number of halogens is 1. The van der Waals surface area contributed by atoms with Crippen LogP contribution in [0.2, 0.25) is 0 Å². The standard InChI is InChI=1S/C15H20N2O2.ClH/c1-9-4-5-13-12(8-19-15(13)11(9)3)6-14(18)17-10(2)7-16;/h4-5,8,10H,6-7,16H2,1-3H3,(H,17,18);1H/t10-;/m0./s1. The number of amides is 1. The largest absolute Gasteiger partial charge is 0.464 e. The van der Waals surface area contributed by atoms with Crippen LogP contribution in [0.25, 0.3) is 11.0 Å². The third kappa shape index (κ3) is 3.32. The topological polar surface area (TPSA) is 68.3 Å².